The quantitative estimate of drug-likeness (QED) is 0.742. The third-order valence-electron chi connectivity index (χ3n) is 2.43. The van der Waals surface area contributed by atoms with Crippen LogP contribution in [0.5, 0.6) is 0 Å². The van der Waals surface area contributed by atoms with E-state index in [1.807, 2.05) is 11.0 Å². The van der Waals surface area contributed by atoms with Gasteiger partial charge in [-0.05, 0) is 28.8 Å². The molecule has 0 saturated heterocycles. The Balaban J connectivity index is 2.08. The summed E-state index contributed by atoms with van der Waals surface area (Å²) in [7, 11) is 0. The molecule has 12 heavy (non-hydrogen) atoms. The Labute approximate surface area is 80.3 Å². The highest BCUT2D eigenvalue weighted by Gasteiger charge is 2.15. The highest BCUT2D eigenvalue weighted by molar-refractivity contribution is 9.10. The van der Waals surface area contributed by atoms with Crippen molar-refractivity contribution in [1.29, 1.82) is 0 Å². The van der Waals surface area contributed by atoms with Crippen molar-refractivity contribution in [3.8, 4) is 0 Å². The minimum Gasteiger partial charge on any atom is -0.249 e. The Kier molecular flexibility index (Phi) is 2.44. The second-order valence-electron chi connectivity index (χ2n) is 3.29. The number of hydrogen-bond acceptors (Lipinski definition) is 2. The Morgan fingerprint density at radius 2 is 2.08 bits per heavy atom. The van der Waals surface area contributed by atoms with Crippen molar-refractivity contribution in [2.75, 3.05) is 0 Å². The topological polar surface area (TPSA) is 30.7 Å². The van der Waals surface area contributed by atoms with E-state index in [1.54, 1.807) is 0 Å². The van der Waals surface area contributed by atoms with Gasteiger partial charge in [0.05, 0.1) is 6.04 Å². The van der Waals surface area contributed by atoms with Crippen LogP contribution in [0.25, 0.3) is 0 Å². The van der Waals surface area contributed by atoms with Crippen LogP contribution in [0.2, 0.25) is 0 Å². The predicted molar refractivity (Wildman–Crippen MR) is 49.8 cm³/mol. The lowest BCUT2D eigenvalue weighted by Gasteiger charge is -2.20. The minimum absolute atomic E-state index is 0.595. The van der Waals surface area contributed by atoms with Crippen LogP contribution in [-0.2, 0) is 0 Å². The molecular weight excluding hydrogens is 218 g/mol. The first-order valence-electron chi connectivity index (χ1n) is 4.43. The van der Waals surface area contributed by atoms with Crippen LogP contribution in [0.15, 0.2) is 11.1 Å². The Bertz CT molecular complexity index is 253. The molecule has 0 bridgehead atoms. The molecule has 0 N–H and O–H groups in total. The lowest BCUT2D eigenvalue weighted by atomic mass is 9.96. The van der Waals surface area contributed by atoms with E-state index in [2.05, 4.69) is 26.0 Å². The van der Waals surface area contributed by atoms with Gasteiger partial charge in [0, 0.05) is 0 Å². The molecule has 0 amide bonds. The molecule has 3 nitrogen and oxygen atoms in total. The zero-order valence-corrected chi connectivity index (χ0v) is 8.50. The summed E-state index contributed by atoms with van der Waals surface area (Å²) in [6, 6.07) is 0.595. The molecule has 1 aliphatic carbocycles. The summed E-state index contributed by atoms with van der Waals surface area (Å²) in [5.74, 6) is 0. The van der Waals surface area contributed by atoms with E-state index in [0.717, 1.165) is 0 Å². The first-order chi connectivity index (χ1) is 5.86. The average Bonchev–Trinajstić information content (AvgIpc) is 2.54. The molecule has 0 radical (unpaired) electrons. The van der Waals surface area contributed by atoms with Gasteiger partial charge in [-0.3, -0.25) is 0 Å². The monoisotopic (exact) mass is 229 g/mol. The summed E-state index contributed by atoms with van der Waals surface area (Å²) in [6.07, 6.45) is 8.39. The van der Waals surface area contributed by atoms with E-state index in [9.17, 15) is 0 Å². The van der Waals surface area contributed by atoms with E-state index in [4.69, 9.17) is 0 Å². The van der Waals surface area contributed by atoms with Crippen LogP contribution in [0.4, 0.5) is 0 Å². The van der Waals surface area contributed by atoms with Crippen molar-refractivity contribution >= 4 is 15.9 Å². The lowest BCUT2D eigenvalue weighted by Crippen LogP contribution is -2.13. The van der Waals surface area contributed by atoms with Crippen molar-refractivity contribution in [2.24, 2.45) is 0 Å². The molecule has 4 heteroatoms. The van der Waals surface area contributed by atoms with Gasteiger partial charge in [0.2, 0.25) is 4.73 Å². The first-order valence-corrected chi connectivity index (χ1v) is 5.22. The van der Waals surface area contributed by atoms with E-state index in [-0.39, 0.29) is 0 Å². The standard InChI is InChI=1S/C8H12BrN3/c9-8-10-6-12(11-8)7-4-2-1-3-5-7/h6-7H,1-5H2. The van der Waals surface area contributed by atoms with Gasteiger partial charge in [-0.15, -0.1) is 5.10 Å². The summed E-state index contributed by atoms with van der Waals surface area (Å²) in [5.41, 5.74) is 0. The van der Waals surface area contributed by atoms with Gasteiger partial charge < -0.3 is 0 Å². The van der Waals surface area contributed by atoms with Gasteiger partial charge >= 0.3 is 0 Å². The van der Waals surface area contributed by atoms with Gasteiger partial charge in [-0.2, -0.15) is 0 Å². The highest BCUT2D eigenvalue weighted by Crippen LogP contribution is 2.27. The molecule has 1 aromatic rings. The van der Waals surface area contributed by atoms with Gasteiger partial charge in [-0.1, -0.05) is 19.3 Å². The molecule has 0 spiro atoms. The van der Waals surface area contributed by atoms with Gasteiger partial charge in [-0.25, -0.2) is 9.67 Å². The maximum Gasteiger partial charge on any atom is 0.217 e. The maximum atomic E-state index is 4.26. The molecule has 1 heterocycles. The van der Waals surface area contributed by atoms with Crippen molar-refractivity contribution < 1.29 is 0 Å². The molecule has 1 aromatic heterocycles. The van der Waals surface area contributed by atoms with Crippen LogP contribution in [0.1, 0.15) is 38.1 Å². The smallest absolute Gasteiger partial charge is 0.217 e. The zero-order valence-electron chi connectivity index (χ0n) is 6.91. The molecule has 1 aliphatic rings. The van der Waals surface area contributed by atoms with Crippen molar-refractivity contribution in [3.63, 3.8) is 0 Å². The third-order valence-corrected chi connectivity index (χ3v) is 2.79. The zero-order chi connectivity index (χ0) is 8.39. The molecule has 0 unspecified atom stereocenters. The summed E-state index contributed by atoms with van der Waals surface area (Å²) < 4.78 is 2.69. The summed E-state index contributed by atoms with van der Waals surface area (Å²) in [5, 5.41) is 4.26. The Morgan fingerprint density at radius 3 is 2.67 bits per heavy atom. The molecular formula is C8H12BrN3. The number of rotatable bonds is 1. The number of hydrogen-bond donors (Lipinski definition) is 0. The maximum absolute atomic E-state index is 4.26. The average molecular weight is 230 g/mol. The van der Waals surface area contributed by atoms with Crippen molar-refractivity contribution in [3.05, 3.63) is 11.1 Å². The number of halogens is 1. The molecule has 0 atom stereocenters. The molecule has 66 valence electrons. The summed E-state index contributed by atoms with van der Waals surface area (Å²) >= 11 is 3.26. The molecule has 0 aliphatic heterocycles. The van der Waals surface area contributed by atoms with E-state index in [1.165, 1.54) is 32.1 Å². The van der Waals surface area contributed by atoms with E-state index >= 15 is 0 Å². The Morgan fingerprint density at radius 1 is 1.33 bits per heavy atom. The van der Waals surface area contributed by atoms with Crippen LogP contribution >= 0.6 is 15.9 Å². The second-order valence-corrected chi connectivity index (χ2v) is 3.99. The van der Waals surface area contributed by atoms with E-state index in [0.29, 0.717) is 10.8 Å². The van der Waals surface area contributed by atoms with E-state index < -0.39 is 0 Å². The van der Waals surface area contributed by atoms with Crippen LogP contribution in [-0.4, -0.2) is 14.8 Å². The normalized spacial score (nSPS) is 19.8. The van der Waals surface area contributed by atoms with Gasteiger partial charge in [0.1, 0.15) is 6.33 Å². The van der Waals surface area contributed by atoms with Crippen LogP contribution in [0.3, 0.4) is 0 Å². The Hall–Kier alpha value is -0.380. The largest absolute Gasteiger partial charge is 0.249 e. The van der Waals surface area contributed by atoms with Crippen LogP contribution < -0.4 is 0 Å². The fraction of sp³-hybridized carbons (Fsp3) is 0.750. The van der Waals surface area contributed by atoms with Gasteiger partial charge in [0.25, 0.3) is 0 Å². The van der Waals surface area contributed by atoms with Crippen LogP contribution in [0, 0.1) is 0 Å². The number of aromatic nitrogens is 3. The van der Waals surface area contributed by atoms with Crippen molar-refractivity contribution in [2.45, 2.75) is 38.1 Å². The fourth-order valence-electron chi connectivity index (χ4n) is 1.78. The molecule has 2 rings (SSSR count). The fourth-order valence-corrected chi connectivity index (χ4v) is 2.05. The predicted octanol–water partition coefficient (Wildman–Crippen LogP) is 2.55. The molecule has 1 saturated carbocycles. The summed E-state index contributed by atoms with van der Waals surface area (Å²) in [4.78, 5) is 4.06. The van der Waals surface area contributed by atoms with Gasteiger partial charge in [0.15, 0.2) is 0 Å². The van der Waals surface area contributed by atoms with Crippen molar-refractivity contribution in [1.82, 2.24) is 14.8 Å². The lowest BCUT2D eigenvalue weighted by molar-refractivity contribution is 0.328. The SMILES string of the molecule is Brc1ncn(C2CCCCC2)n1. The number of nitrogens with zero attached hydrogens (tertiary/aromatic N) is 3. The molecule has 1 fully saturated rings. The molecule has 0 aromatic carbocycles. The highest BCUT2D eigenvalue weighted by atomic mass is 79.9. The third kappa shape index (κ3) is 1.68. The first kappa shape index (κ1) is 8.23. The summed E-state index contributed by atoms with van der Waals surface area (Å²) in [6.45, 7) is 0. The minimum atomic E-state index is 0.595. The second kappa shape index (κ2) is 3.56.